The summed E-state index contributed by atoms with van der Waals surface area (Å²) in [5, 5.41) is 180. The van der Waals surface area contributed by atoms with Crippen LogP contribution < -0.4 is 0 Å². The van der Waals surface area contributed by atoms with E-state index in [2.05, 4.69) is 0 Å². The Morgan fingerprint density at radius 3 is 1.31 bits per heavy atom. The van der Waals surface area contributed by atoms with Gasteiger partial charge < -0.3 is 139 Å². The lowest BCUT2D eigenvalue weighted by Gasteiger charge is -2.50. The van der Waals surface area contributed by atoms with Crippen LogP contribution >= 0.6 is 0 Å². The molecule has 6 saturated heterocycles. The average molecular weight is 957 g/mol. The average Bonchev–Trinajstić information content (AvgIpc) is 3.26. The standard InChI is InChI=1S/C36H60O29/c1-6-11(39)13(41)19(47)32(56-6)60-25-8(3)57-33(21(49)16(25)44)64-28-23(51)36(61-24-7(2)55-31(54)18(46)15(24)43)59-10(5-38)26(28)62-35-22(50)17(45)27(29(65-35)30(52)53)63-34-20(48)14(42)12(40)9(4-37)58-34/h6-29,31-51,54H,4-5H2,1-3H3,(H,52,53)/t6-,7-,8-,9+,10+,11-,12+,13+,14-,15-,16-,17+,18+,19+,20+,21+,22+,23+,24-,25-,26+,27-,28+,29-,31?,32-,33-,34-,35+,36-/m0/s1. The van der Waals surface area contributed by atoms with Crippen LogP contribution in [0.15, 0.2) is 0 Å². The maximum atomic E-state index is 12.5. The van der Waals surface area contributed by atoms with Crippen molar-refractivity contribution in [3.63, 3.8) is 0 Å². The summed E-state index contributed by atoms with van der Waals surface area (Å²) in [4.78, 5) is 12.5. The molecule has 29 heteroatoms. The molecule has 0 amide bonds. The number of carboxylic acids is 1. The number of carbonyl (C=O) groups is 1. The van der Waals surface area contributed by atoms with Gasteiger partial charge in [0.25, 0.3) is 0 Å². The Morgan fingerprint density at radius 1 is 0.369 bits per heavy atom. The molecular formula is C36H60O29. The van der Waals surface area contributed by atoms with Gasteiger partial charge in [-0.25, -0.2) is 4.79 Å². The number of aliphatic hydroxyl groups is 16. The van der Waals surface area contributed by atoms with E-state index in [9.17, 15) is 91.6 Å². The highest BCUT2D eigenvalue weighted by Crippen LogP contribution is 2.37. The summed E-state index contributed by atoms with van der Waals surface area (Å²) in [6.07, 6.45) is -56.1. The summed E-state index contributed by atoms with van der Waals surface area (Å²) in [5.74, 6) is -1.88. The minimum Gasteiger partial charge on any atom is -0.479 e. The number of ether oxygens (including phenoxy) is 11. The molecule has 17 N–H and O–H groups in total. The van der Waals surface area contributed by atoms with Crippen LogP contribution in [0.4, 0.5) is 0 Å². The highest BCUT2D eigenvalue weighted by atomic mass is 16.8. The molecule has 0 aliphatic carbocycles. The van der Waals surface area contributed by atoms with Gasteiger partial charge >= 0.3 is 5.97 Å². The second-order valence-electron chi connectivity index (χ2n) is 16.7. The minimum absolute atomic E-state index is 0.907. The molecule has 0 aromatic heterocycles. The summed E-state index contributed by atoms with van der Waals surface area (Å²) >= 11 is 0. The van der Waals surface area contributed by atoms with E-state index < -0.39 is 203 Å². The summed E-state index contributed by atoms with van der Waals surface area (Å²) in [6.45, 7) is 2.00. The van der Waals surface area contributed by atoms with E-state index in [4.69, 9.17) is 52.1 Å². The van der Waals surface area contributed by atoms with Gasteiger partial charge in [-0.1, -0.05) is 0 Å². The van der Waals surface area contributed by atoms with Crippen LogP contribution in [-0.2, 0) is 56.9 Å². The second kappa shape index (κ2) is 21.6. The van der Waals surface area contributed by atoms with E-state index in [1.54, 1.807) is 0 Å². The Labute approximate surface area is 367 Å². The van der Waals surface area contributed by atoms with Gasteiger partial charge in [-0.15, -0.1) is 0 Å². The lowest BCUT2D eigenvalue weighted by Crippen LogP contribution is -2.69. The lowest BCUT2D eigenvalue weighted by molar-refractivity contribution is -0.403. The van der Waals surface area contributed by atoms with Crippen molar-refractivity contribution in [3.8, 4) is 0 Å². The first kappa shape index (κ1) is 52.8. The lowest BCUT2D eigenvalue weighted by atomic mass is 9.95. The number of hydrogen-bond donors (Lipinski definition) is 17. The molecule has 6 rings (SSSR count). The predicted molar refractivity (Wildman–Crippen MR) is 195 cm³/mol. The molecule has 6 fully saturated rings. The summed E-state index contributed by atoms with van der Waals surface area (Å²) < 4.78 is 61.7. The van der Waals surface area contributed by atoms with Gasteiger partial charge in [0.2, 0.25) is 0 Å². The smallest absolute Gasteiger partial charge is 0.335 e. The fourth-order valence-corrected chi connectivity index (χ4v) is 8.37. The topological polar surface area (TPSA) is 463 Å². The Morgan fingerprint density at radius 2 is 0.754 bits per heavy atom. The Balaban J connectivity index is 1.25. The number of rotatable bonds is 13. The van der Waals surface area contributed by atoms with Crippen molar-refractivity contribution in [2.24, 2.45) is 0 Å². The molecular weight excluding hydrogens is 896 g/mol. The largest absolute Gasteiger partial charge is 0.479 e. The number of hydrogen-bond acceptors (Lipinski definition) is 28. The fraction of sp³-hybridized carbons (Fsp3) is 0.972. The third kappa shape index (κ3) is 10.6. The van der Waals surface area contributed by atoms with Gasteiger partial charge in [-0.05, 0) is 20.8 Å². The van der Waals surface area contributed by atoms with E-state index in [1.165, 1.54) is 20.8 Å². The molecule has 0 radical (unpaired) electrons. The van der Waals surface area contributed by atoms with E-state index in [0.29, 0.717) is 0 Å². The first-order chi connectivity index (χ1) is 30.5. The number of carboxylic acid groups (broad SMARTS) is 1. The maximum Gasteiger partial charge on any atom is 0.335 e. The molecule has 0 aromatic rings. The first-order valence-electron chi connectivity index (χ1n) is 20.7. The van der Waals surface area contributed by atoms with Crippen LogP contribution in [0.1, 0.15) is 20.8 Å². The van der Waals surface area contributed by atoms with Gasteiger partial charge in [0, 0.05) is 0 Å². The zero-order chi connectivity index (χ0) is 48.1. The zero-order valence-corrected chi connectivity index (χ0v) is 34.7. The number of aliphatic carboxylic acids is 1. The third-order valence-electron chi connectivity index (χ3n) is 12.3. The van der Waals surface area contributed by atoms with Crippen LogP contribution in [0.5, 0.6) is 0 Å². The quantitative estimate of drug-likeness (QED) is 0.0815. The van der Waals surface area contributed by atoms with Gasteiger partial charge in [-0.3, -0.25) is 0 Å². The molecule has 6 heterocycles. The van der Waals surface area contributed by atoms with Crippen molar-refractivity contribution in [3.05, 3.63) is 0 Å². The molecule has 30 atom stereocenters. The number of aliphatic hydroxyl groups excluding tert-OH is 16. The van der Waals surface area contributed by atoms with Crippen molar-refractivity contribution in [2.75, 3.05) is 13.2 Å². The van der Waals surface area contributed by atoms with E-state index in [1.807, 2.05) is 0 Å². The molecule has 0 aromatic carbocycles. The summed E-state index contributed by atoms with van der Waals surface area (Å²) in [5.41, 5.74) is 0. The van der Waals surface area contributed by atoms with Gasteiger partial charge in [0.15, 0.2) is 43.8 Å². The van der Waals surface area contributed by atoms with Crippen molar-refractivity contribution in [2.45, 2.75) is 205 Å². The molecule has 0 bridgehead atoms. The van der Waals surface area contributed by atoms with Gasteiger partial charge in [0.05, 0.1) is 31.5 Å². The molecule has 6 aliphatic heterocycles. The highest BCUT2D eigenvalue weighted by molar-refractivity contribution is 5.73. The van der Waals surface area contributed by atoms with Gasteiger partial charge in [-0.2, -0.15) is 0 Å². The van der Waals surface area contributed by atoms with Crippen molar-refractivity contribution in [1.82, 2.24) is 0 Å². The predicted octanol–water partition coefficient (Wildman–Crippen LogP) is -10.9. The summed E-state index contributed by atoms with van der Waals surface area (Å²) in [6, 6.07) is 0. The maximum absolute atomic E-state index is 12.5. The van der Waals surface area contributed by atoms with E-state index >= 15 is 0 Å². The van der Waals surface area contributed by atoms with Crippen LogP contribution in [-0.4, -0.2) is 290 Å². The van der Waals surface area contributed by atoms with Gasteiger partial charge in [0.1, 0.15) is 122 Å². The molecule has 65 heavy (non-hydrogen) atoms. The molecule has 378 valence electrons. The van der Waals surface area contributed by atoms with Crippen molar-refractivity contribution >= 4 is 5.97 Å². The van der Waals surface area contributed by atoms with Crippen LogP contribution in [0.2, 0.25) is 0 Å². The summed E-state index contributed by atoms with van der Waals surface area (Å²) in [7, 11) is 0. The monoisotopic (exact) mass is 956 g/mol. The Bertz CT molecular complexity index is 1530. The van der Waals surface area contributed by atoms with E-state index in [-0.39, 0.29) is 0 Å². The Hall–Kier alpha value is -1.61. The highest BCUT2D eigenvalue weighted by Gasteiger charge is 2.58. The third-order valence-corrected chi connectivity index (χ3v) is 12.3. The van der Waals surface area contributed by atoms with Crippen LogP contribution in [0.3, 0.4) is 0 Å². The van der Waals surface area contributed by atoms with Crippen molar-refractivity contribution < 1.29 is 144 Å². The SMILES string of the molecule is C[C@@H]1O[C@@H](O[C@@H]2[C@@H](O)[C@@H](O)[C@H](O[C@@H]3[C@@H](O)[C@H](O[C@@H]4[C@@H](O)[C@@H](O)C(O)O[C@H]4C)O[C@H](CO)[C@H]3O[C@@H]3O[C@H](C(=O)O)[C@@H](O[C@@H]4O[C@H](CO)[C@@H](O)[C@H](O)[C@H]4O)[C@H](O)[C@H]3O)O[C@H]2C)[C@H](O)[C@H](O)[C@H]1O. The van der Waals surface area contributed by atoms with Crippen LogP contribution in [0, 0.1) is 0 Å². The second-order valence-corrected chi connectivity index (χ2v) is 16.7. The molecule has 0 spiro atoms. The molecule has 0 saturated carbocycles. The van der Waals surface area contributed by atoms with Crippen LogP contribution in [0.25, 0.3) is 0 Å². The van der Waals surface area contributed by atoms with E-state index in [0.717, 1.165) is 0 Å². The van der Waals surface area contributed by atoms with Crippen molar-refractivity contribution in [1.29, 1.82) is 0 Å². The molecule has 1 unspecified atom stereocenters. The first-order valence-corrected chi connectivity index (χ1v) is 20.7. The fourth-order valence-electron chi connectivity index (χ4n) is 8.37. The molecule has 6 aliphatic rings. The zero-order valence-electron chi connectivity index (χ0n) is 34.7. The normalized spacial score (nSPS) is 54.6. The minimum atomic E-state index is -2.33. The Kier molecular flexibility index (Phi) is 17.5. The molecule has 29 nitrogen and oxygen atoms in total.